The zero-order valence-electron chi connectivity index (χ0n) is 8.52. The number of carboxylic acid groups (broad SMARTS) is 2. The van der Waals surface area contributed by atoms with Crippen LogP contribution in [-0.4, -0.2) is 22.2 Å². The molecule has 1 aromatic rings. The molecule has 0 aliphatic rings. The standard InChI is InChI=1S/C11H12O4/c1-11(2,10(14)15)8-5-3-4-7(6-8)9(12)13/h3-6H,1-2H3,(H,12,13)(H,14,15). The van der Waals surface area contributed by atoms with Gasteiger partial charge >= 0.3 is 11.9 Å². The zero-order chi connectivity index (χ0) is 11.6. The first-order valence-corrected chi connectivity index (χ1v) is 4.43. The van der Waals surface area contributed by atoms with Crippen molar-refractivity contribution in [2.45, 2.75) is 19.3 Å². The molecule has 1 aromatic carbocycles. The van der Waals surface area contributed by atoms with E-state index >= 15 is 0 Å². The highest BCUT2D eigenvalue weighted by molar-refractivity contribution is 5.89. The Morgan fingerprint density at radius 2 is 1.80 bits per heavy atom. The predicted molar refractivity (Wildman–Crippen MR) is 54.1 cm³/mol. The van der Waals surface area contributed by atoms with Gasteiger partial charge in [-0.25, -0.2) is 4.79 Å². The number of rotatable bonds is 3. The molecule has 0 saturated carbocycles. The number of benzene rings is 1. The summed E-state index contributed by atoms with van der Waals surface area (Å²) >= 11 is 0. The molecule has 0 atom stereocenters. The third kappa shape index (κ3) is 2.15. The Balaban J connectivity index is 3.21. The Kier molecular flexibility index (Phi) is 2.79. The van der Waals surface area contributed by atoms with Crippen molar-refractivity contribution in [1.82, 2.24) is 0 Å². The van der Waals surface area contributed by atoms with E-state index in [9.17, 15) is 9.59 Å². The van der Waals surface area contributed by atoms with Crippen molar-refractivity contribution in [3.05, 3.63) is 35.4 Å². The largest absolute Gasteiger partial charge is 0.481 e. The first-order valence-electron chi connectivity index (χ1n) is 4.43. The topological polar surface area (TPSA) is 74.6 Å². The van der Waals surface area contributed by atoms with E-state index in [0.717, 1.165) is 0 Å². The maximum atomic E-state index is 11.0. The summed E-state index contributed by atoms with van der Waals surface area (Å²) in [6.07, 6.45) is 0. The van der Waals surface area contributed by atoms with E-state index < -0.39 is 17.4 Å². The quantitative estimate of drug-likeness (QED) is 0.793. The number of carbonyl (C=O) groups is 2. The van der Waals surface area contributed by atoms with Gasteiger partial charge in [-0.1, -0.05) is 12.1 Å². The fourth-order valence-corrected chi connectivity index (χ4v) is 1.16. The Bertz CT molecular complexity index is 407. The molecule has 0 aromatic heterocycles. The van der Waals surface area contributed by atoms with Gasteiger partial charge in [-0.3, -0.25) is 4.79 Å². The summed E-state index contributed by atoms with van der Waals surface area (Å²) in [4.78, 5) is 21.7. The Hall–Kier alpha value is -1.84. The van der Waals surface area contributed by atoms with Crippen molar-refractivity contribution in [3.63, 3.8) is 0 Å². The average molecular weight is 208 g/mol. The van der Waals surface area contributed by atoms with Crippen LogP contribution in [0.15, 0.2) is 24.3 Å². The van der Waals surface area contributed by atoms with Crippen molar-refractivity contribution in [2.24, 2.45) is 0 Å². The minimum Gasteiger partial charge on any atom is -0.481 e. The molecule has 1 rings (SSSR count). The highest BCUT2D eigenvalue weighted by atomic mass is 16.4. The number of carboxylic acids is 2. The smallest absolute Gasteiger partial charge is 0.335 e. The second-order valence-corrected chi connectivity index (χ2v) is 3.82. The van der Waals surface area contributed by atoms with Crippen molar-refractivity contribution in [2.75, 3.05) is 0 Å². The van der Waals surface area contributed by atoms with Crippen LogP contribution >= 0.6 is 0 Å². The molecule has 2 N–H and O–H groups in total. The Labute approximate surface area is 87.2 Å². The number of aliphatic carboxylic acids is 1. The normalized spacial score (nSPS) is 11.1. The van der Waals surface area contributed by atoms with Crippen LogP contribution < -0.4 is 0 Å². The zero-order valence-corrected chi connectivity index (χ0v) is 8.52. The van der Waals surface area contributed by atoms with Gasteiger partial charge < -0.3 is 10.2 Å². The molecule has 0 aliphatic heterocycles. The van der Waals surface area contributed by atoms with E-state index in [0.29, 0.717) is 5.56 Å². The summed E-state index contributed by atoms with van der Waals surface area (Å²) in [5.41, 5.74) is -0.498. The van der Waals surface area contributed by atoms with Gasteiger partial charge in [-0.05, 0) is 31.5 Å². The van der Waals surface area contributed by atoms with E-state index in [-0.39, 0.29) is 5.56 Å². The van der Waals surface area contributed by atoms with Crippen LogP contribution in [0.25, 0.3) is 0 Å². The van der Waals surface area contributed by atoms with E-state index in [2.05, 4.69) is 0 Å². The summed E-state index contributed by atoms with van der Waals surface area (Å²) in [7, 11) is 0. The number of hydrogen-bond acceptors (Lipinski definition) is 2. The SMILES string of the molecule is CC(C)(C(=O)O)c1cccc(C(=O)O)c1. The highest BCUT2D eigenvalue weighted by Gasteiger charge is 2.29. The molecule has 0 saturated heterocycles. The fraction of sp³-hybridized carbons (Fsp3) is 0.273. The molecule has 0 spiro atoms. The molecular formula is C11H12O4. The molecule has 4 heteroatoms. The van der Waals surface area contributed by atoms with Gasteiger partial charge in [0.2, 0.25) is 0 Å². The van der Waals surface area contributed by atoms with Gasteiger partial charge in [-0.2, -0.15) is 0 Å². The maximum absolute atomic E-state index is 11.0. The third-order valence-corrected chi connectivity index (χ3v) is 2.37. The monoisotopic (exact) mass is 208 g/mol. The fourth-order valence-electron chi connectivity index (χ4n) is 1.16. The predicted octanol–water partition coefficient (Wildman–Crippen LogP) is 1.75. The lowest BCUT2D eigenvalue weighted by molar-refractivity contribution is -0.142. The van der Waals surface area contributed by atoms with Gasteiger partial charge in [0, 0.05) is 0 Å². The molecule has 0 heterocycles. The number of hydrogen-bond donors (Lipinski definition) is 2. The lowest BCUT2D eigenvalue weighted by Crippen LogP contribution is -2.28. The highest BCUT2D eigenvalue weighted by Crippen LogP contribution is 2.24. The van der Waals surface area contributed by atoms with Crippen LogP contribution in [0, 0.1) is 0 Å². The second kappa shape index (κ2) is 3.73. The van der Waals surface area contributed by atoms with Crippen LogP contribution in [-0.2, 0) is 10.2 Å². The Morgan fingerprint density at radius 1 is 1.20 bits per heavy atom. The van der Waals surface area contributed by atoms with Gasteiger partial charge in [0.25, 0.3) is 0 Å². The molecular weight excluding hydrogens is 196 g/mol. The van der Waals surface area contributed by atoms with Crippen LogP contribution in [0.4, 0.5) is 0 Å². The second-order valence-electron chi connectivity index (χ2n) is 3.82. The summed E-state index contributed by atoms with van der Waals surface area (Å²) in [5.74, 6) is -2.04. The lowest BCUT2D eigenvalue weighted by Gasteiger charge is -2.19. The molecule has 0 unspecified atom stereocenters. The van der Waals surface area contributed by atoms with Crippen molar-refractivity contribution < 1.29 is 19.8 Å². The molecule has 0 aliphatic carbocycles. The average Bonchev–Trinajstić information content (AvgIpc) is 2.17. The minimum atomic E-state index is -1.08. The molecule has 15 heavy (non-hydrogen) atoms. The molecule has 4 nitrogen and oxygen atoms in total. The van der Waals surface area contributed by atoms with E-state index in [1.165, 1.54) is 26.0 Å². The van der Waals surface area contributed by atoms with Crippen LogP contribution in [0.2, 0.25) is 0 Å². The third-order valence-electron chi connectivity index (χ3n) is 2.37. The molecule has 0 fully saturated rings. The summed E-state index contributed by atoms with van der Waals surface area (Å²) < 4.78 is 0. The summed E-state index contributed by atoms with van der Waals surface area (Å²) in [5, 5.41) is 17.7. The van der Waals surface area contributed by atoms with Gasteiger partial charge in [0.05, 0.1) is 11.0 Å². The molecule has 0 amide bonds. The maximum Gasteiger partial charge on any atom is 0.335 e. The summed E-state index contributed by atoms with van der Waals surface area (Å²) in [6.45, 7) is 3.08. The van der Waals surface area contributed by atoms with Gasteiger partial charge in [0.15, 0.2) is 0 Å². The van der Waals surface area contributed by atoms with Crippen LogP contribution in [0.1, 0.15) is 29.8 Å². The van der Waals surface area contributed by atoms with E-state index in [1.807, 2.05) is 0 Å². The minimum absolute atomic E-state index is 0.0989. The lowest BCUT2D eigenvalue weighted by atomic mass is 9.84. The van der Waals surface area contributed by atoms with Gasteiger partial charge in [0.1, 0.15) is 0 Å². The number of aromatic carboxylic acids is 1. The van der Waals surface area contributed by atoms with Crippen LogP contribution in [0.5, 0.6) is 0 Å². The Morgan fingerprint density at radius 3 is 2.27 bits per heavy atom. The first kappa shape index (κ1) is 11.2. The molecule has 80 valence electrons. The molecule has 0 bridgehead atoms. The first-order chi connectivity index (χ1) is 6.85. The van der Waals surface area contributed by atoms with Crippen molar-refractivity contribution in [1.29, 1.82) is 0 Å². The molecule has 0 radical (unpaired) electrons. The van der Waals surface area contributed by atoms with Crippen molar-refractivity contribution >= 4 is 11.9 Å². The van der Waals surface area contributed by atoms with Crippen molar-refractivity contribution in [3.8, 4) is 0 Å². The van der Waals surface area contributed by atoms with E-state index in [1.54, 1.807) is 12.1 Å². The van der Waals surface area contributed by atoms with Crippen LogP contribution in [0.3, 0.4) is 0 Å². The van der Waals surface area contributed by atoms with E-state index in [4.69, 9.17) is 10.2 Å². The summed E-state index contributed by atoms with van der Waals surface area (Å²) in [6, 6.07) is 5.98. The van der Waals surface area contributed by atoms with Gasteiger partial charge in [-0.15, -0.1) is 0 Å².